The van der Waals surface area contributed by atoms with Crippen molar-refractivity contribution in [3.8, 4) is 6.07 Å². The maximum Gasteiger partial charge on any atom is 0.233 e. The van der Waals surface area contributed by atoms with Crippen molar-refractivity contribution >= 4 is 29.6 Å². The van der Waals surface area contributed by atoms with Gasteiger partial charge in [0.25, 0.3) is 0 Å². The minimum atomic E-state index is -4.00. The summed E-state index contributed by atoms with van der Waals surface area (Å²) in [6.45, 7) is 0. The van der Waals surface area contributed by atoms with Crippen molar-refractivity contribution in [1.29, 1.82) is 5.26 Å². The van der Waals surface area contributed by atoms with E-state index in [0.29, 0.717) is 0 Å². The molecule has 0 unspecified atom stereocenters. The first-order valence-corrected chi connectivity index (χ1v) is 8.25. The summed E-state index contributed by atoms with van der Waals surface area (Å²) < 4.78 is 44.7. The highest BCUT2D eigenvalue weighted by Gasteiger charge is 2.23. The largest absolute Gasteiger partial charge is 0.241 e. The molecule has 0 amide bonds. The molecule has 10 heteroatoms. The van der Waals surface area contributed by atoms with Crippen LogP contribution in [-0.2, 0) is 18.9 Å². The Morgan fingerprint density at radius 1 is 1.18 bits per heavy atom. The molecule has 0 aromatic carbocycles. The van der Waals surface area contributed by atoms with Gasteiger partial charge < -0.3 is 0 Å². The van der Waals surface area contributed by atoms with Crippen molar-refractivity contribution in [3.05, 3.63) is 18.1 Å². The van der Waals surface area contributed by atoms with E-state index in [0.717, 1.165) is 12.4 Å². The molecule has 1 rings (SSSR count). The van der Waals surface area contributed by atoms with Crippen molar-refractivity contribution in [3.63, 3.8) is 0 Å². The molecular weight excluding hydrogens is 290 g/mol. The monoisotopic (exact) mass is 295 g/mol. The molecule has 1 heterocycles. The lowest BCUT2D eigenvalue weighted by Gasteiger charge is -2.02. The van der Waals surface area contributed by atoms with Gasteiger partial charge in [-0.3, -0.25) is 0 Å². The zero-order valence-corrected chi connectivity index (χ0v) is 10.6. The minimum Gasteiger partial charge on any atom is -0.241 e. The van der Waals surface area contributed by atoms with Crippen LogP contribution in [0.4, 0.5) is 0 Å². The van der Waals surface area contributed by atoms with Gasteiger partial charge in [0.05, 0.1) is 11.5 Å². The van der Waals surface area contributed by atoms with E-state index in [9.17, 15) is 16.8 Å². The Bertz CT molecular complexity index is 663. The molecule has 0 N–H and O–H groups in total. The lowest BCUT2D eigenvalue weighted by molar-refractivity contribution is 0.588. The fraction of sp³-hybridized carbons (Fsp3) is 0.286. The number of hydrogen-bond acceptors (Lipinski definition) is 7. The van der Waals surface area contributed by atoms with E-state index in [1.54, 1.807) is 6.07 Å². The normalized spacial score (nSPS) is 12.0. The Kier molecular flexibility index (Phi) is 4.03. The van der Waals surface area contributed by atoms with Crippen molar-refractivity contribution in [1.82, 2.24) is 9.97 Å². The first-order valence-electron chi connectivity index (χ1n) is 4.12. The van der Waals surface area contributed by atoms with Crippen molar-refractivity contribution in [2.75, 3.05) is 11.5 Å². The maximum absolute atomic E-state index is 11.7. The third kappa shape index (κ3) is 3.92. The van der Waals surface area contributed by atoms with Crippen LogP contribution in [0.5, 0.6) is 0 Å². The van der Waals surface area contributed by atoms with E-state index in [1.165, 1.54) is 0 Å². The smallest absolute Gasteiger partial charge is 0.233 e. The first kappa shape index (κ1) is 13.8. The molecule has 0 spiro atoms. The number of hydrogen-bond donors (Lipinski definition) is 0. The van der Waals surface area contributed by atoms with Crippen LogP contribution in [0.1, 0.15) is 5.69 Å². The van der Waals surface area contributed by atoms with Gasteiger partial charge >= 0.3 is 0 Å². The standard InChI is InChI=1S/C7H6ClN3O4S2/c8-17(14,15)4-3-16(12,13)7-6(5-9)10-1-2-11-7/h1-2H,3-4H2. The fourth-order valence-corrected chi connectivity index (χ4v) is 3.98. The van der Waals surface area contributed by atoms with Gasteiger partial charge in [0, 0.05) is 23.1 Å². The highest BCUT2D eigenvalue weighted by molar-refractivity contribution is 8.14. The lowest BCUT2D eigenvalue weighted by atomic mass is 10.5. The molecular formula is C7H6ClN3O4S2. The number of rotatable bonds is 4. The molecule has 7 nitrogen and oxygen atoms in total. The molecule has 0 aliphatic heterocycles. The topological polar surface area (TPSA) is 118 Å². The Hall–Kier alpha value is -1.24. The number of nitrogens with zero attached hydrogens (tertiary/aromatic N) is 3. The van der Waals surface area contributed by atoms with E-state index in [4.69, 9.17) is 15.9 Å². The van der Waals surface area contributed by atoms with E-state index in [2.05, 4.69) is 9.97 Å². The summed E-state index contributed by atoms with van der Waals surface area (Å²) in [6, 6.07) is 1.56. The number of sulfone groups is 1. The molecule has 0 atom stereocenters. The average Bonchev–Trinajstić information content (AvgIpc) is 2.26. The summed E-state index contributed by atoms with van der Waals surface area (Å²) in [6.07, 6.45) is 2.26. The number of nitriles is 1. The van der Waals surface area contributed by atoms with Gasteiger partial charge in [-0.2, -0.15) is 5.26 Å². The van der Waals surface area contributed by atoms with Crippen LogP contribution < -0.4 is 0 Å². The van der Waals surface area contributed by atoms with Gasteiger partial charge in [-0.1, -0.05) is 0 Å². The molecule has 0 radical (unpaired) electrons. The third-order valence-electron chi connectivity index (χ3n) is 1.66. The minimum absolute atomic E-state index is 0.375. The van der Waals surface area contributed by atoms with E-state index < -0.39 is 35.4 Å². The van der Waals surface area contributed by atoms with Gasteiger partial charge in [0.1, 0.15) is 6.07 Å². The van der Waals surface area contributed by atoms with Gasteiger partial charge in [-0.05, 0) is 0 Å². The van der Waals surface area contributed by atoms with Crippen molar-refractivity contribution < 1.29 is 16.8 Å². The van der Waals surface area contributed by atoms with Crippen LogP contribution in [0.25, 0.3) is 0 Å². The SMILES string of the molecule is N#Cc1nccnc1S(=O)(=O)CCS(=O)(=O)Cl. The molecule has 0 bridgehead atoms. The van der Waals surface area contributed by atoms with Crippen LogP contribution >= 0.6 is 10.7 Å². The molecule has 17 heavy (non-hydrogen) atoms. The molecule has 0 aliphatic carbocycles. The van der Waals surface area contributed by atoms with Crippen LogP contribution in [0.15, 0.2) is 17.4 Å². The van der Waals surface area contributed by atoms with Crippen LogP contribution in [-0.4, -0.2) is 38.3 Å². The van der Waals surface area contributed by atoms with E-state index >= 15 is 0 Å². The zero-order valence-electron chi connectivity index (χ0n) is 8.24. The lowest BCUT2D eigenvalue weighted by Crippen LogP contribution is -2.17. The summed E-state index contributed by atoms with van der Waals surface area (Å²) in [5.41, 5.74) is -0.375. The molecule has 0 saturated heterocycles. The predicted octanol–water partition coefficient (Wildman–Crippen LogP) is -0.309. The summed E-state index contributed by atoms with van der Waals surface area (Å²) in [5.74, 6) is -1.50. The second-order valence-corrected chi connectivity index (χ2v) is 7.80. The Morgan fingerprint density at radius 3 is 2.29 bits per heavy atom. The molecule has 1 aromatic heterocycles. The second kappa shape index (κ2) is 4.95. The molecule has 0 saturated carbocycles. The summed E-state index contributed by atoms with van der Waals surface area (Å²) >= 11 is 0. The van der Waals surface area contributed by atoms with E-state index in [1.807, 2.05) is 0 Å². The van der Waals surface area contributed by atoms with Crippen molar-refractivity contribution in [2.24, 2.45) is 0 Å². The van der Waals surface area contributed by atoms with Crippen molar-refractivity contribution in [2.45, 2.75) is 5.03 Å². The van der Waals surface area contributed by atoms with E-state index in [-0.39, 0.29) is 5.69 Å². The Morgan fingerprint density at radius 2 is 1.76 bits per heavy atom. The van der Waals surface area contributed by atoms with Gasteiger partial charge in [-0.25, -0.2) is 26.8 Å². The molecule has 1 aromatic rings. The Balaban J connectivity index is 3.11. The van der Waals surface area contributed by atoms with Gasteiger partial charge in [0.2, 0.25) is 9.05 Å². The van der Waals surface area contributed by atoms with Gasteiger partial charge in [0.15, 0.2) is 20.6 Å². The van der Waals surface area contributed by atoms with Gasteiger partial charge in [-0.15, -0.1) is 0 Å². The summed E-state index contributed by atoms with van der Waals surface area (Å²) in [7, 11) is -3.01. The van der Waals surface area contributed by atoms with Crippen LogP contribution in [0.3, 0.4) is 0 Å². The van der Waals surface area contributed by atoms with Crippen LogP contribution in [0.2, 0.25) is 0 Å². The fourth-order valence-electron chi connectivity index (χ4n) is 0.935. The summed E-state index contributed by atoms with van der Waals surface area (Å²) in [5, 5.41) is 8.11. The number of halogens is 1. The molecule has 92 valence electrons. The third-order valence-corrected chi connectivity index (χ3v) is 4.70. The quantitative estimate of drug-likeness (QED) is 0.699. The average molecular weight is 296 g/mol. The second-order valence-electron chi connectivity index (χ2n) is 2.88. The van der Waals surface area contributed by atoms with Crippen LogP contribution in [0, 0.1) is 11.3 Å². The predicted molar refractivity (Wildman–Crippen MR) is 58.4 cm³/mol. The Labute approximate surface area is 102 Å². The maximum atomic E-state index is 11.7. The highest BCUT2D eigenvalue weighted by Crippen LogP contribution is 2.12. The number of aromatic nitrogens is 2. The molecule has 0 fully saturated rings. The highest BCUT2D eigenvalue weighted by atomic mass is 35.7. The summed E-state index contributed by atoms with van der Waals surface area (Å²) in [4.78, 5) is 7.03. The molecule has 0 aliphatic rings. The first-order chi connectivity index (χ1) is 7.76. The zero-order chi connectivity index (χ0) is 13.1.